The van der Waals surface area contributed by atoms with Gasteiger partial charge in [0.2, 0.25) is 5.91 Å². The van der Waals surface area contributed by atoms with E-state index in [2.05, 4.69) is 41.8 Å². The summed E-state index contributed by atoms with van der Waals surface area (Å²) in [6.45, 7) is 10.2. The van der Waals surface area contributed by atoms with Gasteiger partial charge in [0, 0.05) is 24.2 Å². The summed E-state index contributed by atoms with van der Waals surface area (Å²) in [7, 11) is 0. The first-order chi connectivity index (χ1) is 15.8. The number of nitrogens with zero attached hydrogens (tertiary/aromatic N) is 1. The molecule has 1 aliphatic carbocycles. The molecule has 1 unspecified atom stereocenters. The lowest BCUT2D eigenvalue weighted by atomic mass is 9.86. The summed E-state index contributed by atoms with van der Waals surface area (Å²) in [5, 5.41) is 2.27. The van der Waals surface area contributed by atoms with Crippen molar-refractivity contribution in [3.05, 3.63) is 35.9 Å². The molecule has 2 heterocycles. The fourth-order valence-electron chi connectivity index (χ4n) is 5.15. The molecule has 32 heavy (non-hydrogen) atoms. The molecule has 1 aromatic carbocycles. The number of hydrogen-bond acceptors (Lipinski definition) is 2. The molecule has 2 aliphatic heterocycles. The molecule has 2 N–H and O–H groups in total. The van der Waals surface area contributed by atoms with E-state index in [0.29, 0.717) is 12.5 Å². The average Bonchev–Trinajstić information content (AvgIpc) is 3.37. The number of ether oxygens (including phenoxy) is 1. The number of amides is 1. The topological polar surface area (TPSA) is 46.2 Å². The van der Waals surface area contributed by atoms with Gasteiger partial charge >= 0.3 is 0 Å². The van der Waals surface area contributed by atoms with Gasteiger partial charge in [-0.25, -0.2) is 0 Å². The molecular weight excluding hydrogens is 396 g/mol. The predicted molar refractivity (Wildman–Crippen MR) is 134 cm³/mol. The molecule has 4 rings (SSSR count). The molecule has 0 radical (unpaired) electrons. The Bertz CT molecular complexity index is 706. The highest BCUT2D eigenvalue weighted by atomic mass is 16.5. The largest absolute Gasteiger partial charge is 0.493 e. The molecule has 3 aliphatic rings. The summed E-state index contributed by atoms with van der Waals surface area (Å²) in [6, 6.07) is 6.20. The van der Waals surface area contributed by atoms with Gasteiger partial charge in [-0.2, -0.15) is 0 Å². The minimum absolute atomic E-state index is 0.0578. The van der Waals surface area contributed by atoms with Crippen molar-refractivity contribution >= 4 is 12.0 Å². The summed E-state index contributed by atoms with van der Waals surface area (Å²) in [5.74, 6) is 1.52. The van der Waals surface area contributed by atoms with E-state index >= 15 is 0 Å². The van der Waals surface area contributed by atoms with E-state index in [1.165, 1.54) is 50.5 Å². The van der Waals surface area contributed by atoms with Crippen LogP contribution in [0.3, 0.4) is 0 Å². The van der Waals surface area contributed by atoms with Crippen LogP contribution in [0.1, 0.15) is 81.8 Å². The van der Waals surface area contributed by atoms with Crippen LogP contribution in [0.4, 0.5) is 0 Å². The second kappa shape index (κ2) is 14.7. The molecule has 3 fully saturated rings. The number of para-hydroxylation sites is 1. The molecule has 1 amide bonds. The maximum atomic E-state index is 13.1. The fraction of sp³-hybridized carbons (Fsp3) is 0.607. The Kier molecular flexibility index (Phi) is 12.0. The van der Waals surface area contributed by atoms with Crippen LogP contribution in [0.5, 0.6) is 5.75 Å². The van der Waals surface area contributed by atoms with Crippen LogP contribution in [-0.4, -0.2) is 43.6 Å². The van der Waals surface area contributed by atoms with E-state index in [9.17, 15) is 4.79 Å². The normalized spacial score (nSPS) is 22.5. The maximum absolute atomic E-state index is 13.1. The zero-order valence-electron chi connectivity index (χ0n) is 20.1. The minimum atomic E-state index is 0.0578. The molecule has 176 valence electrons. The monoisotopic (exact) mass is 439 g/mol. The van der Waals surface area contributed by atoms with Crippen molar-refractivity contribution < 1.29 is 14.8 Å². The first kappa shape index (κ1) is 26.0. The van der Waals surface area contributed by atoms with E-state index in [0.717, 1.165) is 50.3 Å². The molecule has 2 saturated heterocycles. The highest BCUT2D eigenvalue weighted by Crippen LogP contribution is 2.36. The summed E-state index contributed by atoms with van der Waals surface area (Å²) < 4.78 is 5.93. The molecule has 0 aromatic heterocycles. The third-order valence-corrected chi connectivity index (χ3v) is 6.80. The van der Waals surface area contributed by atoms with E-state index in [4.69, 9.17) is 4.74 Å². The first-order valence-corrected chi connectivity index (χ1v) is 12.6. The van der Waals surface area contributed by atoms with Crippen LogP contribution >= 0.6 is 0 Å². The third kappa shape index (κ3) is 7.14. The van der Waals surface area contributed by atoms with Gasteiger partial charge < -0.3 is 15.0 Å². The van der Waals surface area contributed by atoms with Crippen molar-refractivity contribution in [2.45, 2.75) is 70.6 Å². The first-order valence-electron chi connectivity index (χ1n) is 12.6. The molecule has 4 heteroatoms. The Hall–Kier alpha value is -2.25. The second-order valence-corrected chi connectivity index (χ2v) is 8.88. The van der Waals surface area contributed by atoms with Crippen molar-refractivity contribution in [3.8, 4) is 18.6 Å². The Morgan fingerprint density at radius 3 is 2.22 bits per heavy atom. The lowest BCUT2D eigenvalue weighted by Gasteiger charge is -2.30. The Morgan fingerprint density at radius 2 is 1.66 bits per heavy atom. The van der Waals surface area contributed by atoms with Crippen LogP contribution in [0.2, 0.25) is 0 Å². The van der Waals surface area contributed by atoms with Gasteiger partial charge in [0.15, 0.2) is 0 Å². The molecule has 1 aromatic rings. The molecule has 1 saturated carbocycles. The van der Waals surface area contributed by atoms with Crippen LogP contribution in [0.15, 0.2) is 24.8 Å². The number of benzene rings is 1. The van der Waals surface area contributed by atoms with Gasteiger partial charge in [-0.05, 0) is 26.2 Å². The number of likely N-dealkylation sites (tertiary alicyclic amines) is 1. The summed E-state index contributed by atoms with van der Waals surface area (Å²) in [5.41, 5.74) is 2.18. The molecular formula is C28H43N2O2+. The fourth-order valence-corrected chi connectivity index (χ4v) is 5.15. The lowest BCUT2D eigenvalue weighted by Crippen LogP contribution is -2.81. The van der Waals surface area contributed by atoms with Gasteiger partial charge in [-0.1, -0.05) is 69.4 Å². The zero-order chi connectivity index (χ0) is 23.2. The number of terminal acetylenes is 1. The Labute approximate surface area is 195 Å². The summed E-state index contributed by atoms with van der Waals surface area (Å²) in [6.07, 6.45) is 22.4. The SMILES string of the molecule is C#C.C1CCCCC1.C=Cc1cccc([C@@H]2C[NH2+]CC2C(=O)N2CCCCC2)c1OCC. The smallest absolute Gasteiger partial charge is 0.232 e. The van der Waals surface area contributed by atoms with Gasteiger partial charge in [0.1, 0.15) is 5.75 Å². The molecule has 0 spiro atoms. The van der Waals surface area contributed by atoms with Crippen molar-refractivity contribution in [2.24, 2.45) is 5.92 Å². The highest BCUT2D eigenvalue weighted by Gasteiger charge is 2.41. The van der Waals surface area contributed by atoms with Crippen LogP contribution in [0, 0.1) is 18.8 Å². The average molecular weight is 440 g/mol. The van der Waals surface area contributed by atoms with Crippen LogP contribution in [0.25, 0.3) is 6.08 Å². The highest BCUT2D eigenvalue weighted by molar-refractivity contribution is 5.80. The number of rotatable bonds is 5. The number of nitrogens with two attached hydrogens (primary N) is 1. The van der Waals surface area contributed by atoms with Crippen molar-refractivity contribution in [1.29, 1.82) is 0 Å². The Balaban J connectivity index is 0.000000387. The molecule has 4 nitrogen and oxygen atoms in total. The number of carbonyl (C=O) groups is 1. The summed E-state index contributed by atoms with van der Waals surface area (Å²) in [4.78, 5) is 15.1. The third-order valence-electron chi connectivity index (χ3n) is 6.80. The standard InChI is InChI=1S/C20H28N2O2.C6H12.C2H2/c1-3-15-9-8-10-16(19(15)24-4-2)17-13-21-14-18(17)20(23)22-11-6-5-7-12-22;1-2-4-6-5-3-1;1-2/h3,8-10,17-18,21H,1,4-7,11-14H2,2H3;1-6H2;1-2H/p+1/t17-,18?;;/m0../s1. The van der Waals surface area contributed by atoms with E-state index in [1.54, 1.807) is 0 Å². The van der Waals surface area contributed by atoms with Gasteiger partial charge in [0.25, 0.3) is 0 Å². The quantitative estimate of drug-likeness (QED) is 0.681. The molecule has 2 atom stereocenters. The van der Waals surface area contributed by atoms with Crippen molar-refractivity contribution in [3.63, 3.8) is 0 Å². The zero-order valence-corrected chi connectivity index (χ0v) is 20.1. The second-order valence-electron chi connectivity index (χ2n) is 8.88. The van der Waals surface area contributed by atoms with E-state index in [1.807, 2.05) is 19.1 Å². The van der Waals surface area contributed by atoms with Gasteiger partial charge in [-0.3, -0.25) is 4.79 Å². The van der Waals surface area contributed by atoms with Gasteiger partial charge in [-0.15, -0.1) is 12.8 Å². The van der Waals surface area contributed by atoms with E-state index < -0.39 is 0 Å². The number of quaternary nitrogens is 1. The molecule has 0 bridgehead atoms. The lowest BCUT2D eigenvalue weighted by molar-refractivity contribution is -0.638. The maximum Gasteiger partial charge on any atom is 0.232 e. The number of carbonyl (C=O) groups excluding carboxylic acids is 1. The van der Waals surface area contributed by atoms with Crippen LogP contribution in [-0.2, 0) is 4.79 Å². The number of hydrogen-bond donors (Lipinski definition) is 1. The minimum Gasteiger partial charge on any atom is -0.493 e. The Morgan fingerprint density at radius 1 is 1.06 bits per heavy atom. The predicted octanol–water partition coefficient (Wildman–Crippen LogP) is 4.61. The van der Waals surface area contributed by atoms with Crippen LogP contribution < -0.4 is 10.1 Å². The summed E-state index contributed by atoms with van der Waals surface area (Å²) >= 11 is 0. The van der Waals surface area contributed by atoms with Gasteiger partial charge in [0.05, 0.1) is 31.5 Å². The number of piperidine rings is 1. The van der Waals surface area contributed by atoms with Crippen molar-refractivity contribution in [2.75, 3.05) is 32.8 Å². The van der Waals surface area contributed by atoms with Crippen molar-refractivity contribution in [1.82, 2.24) is 4.90 Å². The van der Waals surface area contributed by atoms with E-state index in [-0.39, 0.29) is 11.8 Å².